The van der Waals surface area contributed by atoms with Gasteiger partial charge >= 0.3 is 0 Å². The Kier molecular flexibility index (Phi) is 5.36. The Hall–Kier alpha value is -2.28. The van der Waals surface area contributed by atoms with Gasteiger partial charge in [0.15, 0.2) is 0 Å². The highest BCUT2D eigenvalue weighted by Crippen LogP contribution is 2.24. The number of para-hydroxylation sites is 1. The Morgan fingerprint density at radius 3 is 2.38 bits per heavy atom. The first-order valence-corrected chi connectivity index (χ1v) is 8.62. The highest BCUT2D eigenvalue weighted by atomic mass is 19.3. The lowest BCUT2D eigenvalue weighted by Crippen LogP contribution is -2.49. The van der Waals surface area contributed by atoms with E-state index in [0.717, 1.165) is 5.69 Å². The lowest BCUT2D eigenvalue weighted by molar-refractivity contribution is 0.0458. The lowest BCUT2D eigenvalue weighted by atomic mass is 10.2. The molecule has 2 heterocycles. The predicted molar refractivity (Wildman–Crippen MR) is 93.5 cm³/mol. The molecule has 1 aliphatic rings. The van der Waals surface area contributed by atoms with Crippen LogP contribution < -0.4 is 0 Å². The van der Waals surface area contributed by atoms with E-state index in [1.165, 1.54) is 6.07 Å². The fourth-order valence-corrected chi connectivity index (χ4v) is 3.48. The van der Waals surface area contributed by atoms with Gasteiger partial charge in [-0.2, -0.15) is 0 Å². The number of aryl methyl sites for hydroxylation is 1. The Morgan fingerprint density at radius 2 is 1.77 bits per heavy atom. The maximum atomic E-state index is 14.2. The number of hydrogen-bond acceptors (Lipinski definition) is 2. The van der Waals surface area contributed by atoms with Crippen molar-refractivity contribution < 1.29 is 18.0 Å². The van der Waals surface area contributed by atoms with E-state index < -0.39 is 6.43 Å². The van der Waals surface area contributed by atoms with Crippen molar-refractivity contribution in [1.29, 1.82) is 0 Å². The van der Waals surface area contributed by atoms with Crippen LogP contribution in [0.4, 0.5) is 13.2 Å². The van der Waals surface area contributed by atoms with Gasteiger partial charge in [0.1, 0.15) is 5.82 Å². The zero-order valence-corrected chi connectivity index (χ0v) is 14.9. The Morgan fingerprint density at radius 1 is 1.12 bits per heavy atom. The number of alkyl halides is 2. The van der Waals surface area contributed by atoms with Crippen molar-refractivity contribution in [2.24, 2.45) is 0 Å². The van der Waals surface area contributed by atoms with Gasteiger partial charge < -0.3 is 9.47 Å². The number of halogens is 3. The number of hydrogen-bond donors (Lipinski definition) is 0. The molecule has 0 unspecified atom stereocenters. The second-order valence-electron chi connectivity index (χ2n) is 6.56. The number of aromatic nitrogens is 1. The molecule has 0 spiro atoms. The molecule has 1 saturated heterocycles. The number of carbonyl (C=O) groups is 1. The summed E-state index contributed by atoms with van der Waals surface area (Å²) < 4.78 is 40.9. The quantitative estimate of drug-likeness (QED) is 0.832. The highest BCUT2D eigenvalue weighted by Gasteiger charge is 2.26. The van der Waals surface area contributed by atoms with Gasteiger partial charge in [-0.25, -0.2) is 13.2 Å². The van der Waals surface area contributed by atoms with Crippen molar-refractivity contribution in [3.63, 3.8) is 0 Å². The topological polar surface area (TPSA) is 28.5 Å². The Balaban J connectivity index is 1.80. The van der Waals surface area contributed by atoms with Crippen molar-refractivity contribution in [1.82, 2.24) is 14.4 Å². The summed E-state index contributed by atoms with van der Waals surface area (Å²) in [5.41, 5.74) is 2.37. The summed E-state index contributed by atoms with van der Waals surface area (Å²) >= 11 is 0. The number of carbonyl (C=O) groups excluding carboxylic acids is 1. The molecule has 140 valence electrons. The smallest absolute Gasteiger partial charge is 0.255 e. The van der Waals surface area contributed by atoms with Crippen LogP contribution in [0.2, 0.25) is 0 Å². The number of amides is 1. The first-order chi connectivity index (χ1) is 12.4. The minimum Gasteiger partial charge on any atom is -0.336 e. The van der Waals surface area contributed by atoms with E-state index in [2.05, 4.69) is 0 Å². The molecule has 7 heteroatoms. The summed E-state index contributed by atoms with van der Waals surface area (Å²) in [5, 5.41) is 0. The summed E-state index contributed by atoms with van der Waals surface area (Å²) in [6.45, 7) is 5.05. The molecule has 1 aromatic heterocycles. The van der Waals surface area contributed by atoms with Crippen LogP contribution in [0, 0.1) is 19.7 Å². The fraction of sp³-hybridized carbons (Fsp3) is 0.421. The normalized spacial score (nSPS) is 15.7. The van der Waals surface area contributed by atoms with Crippen LogP contribution in [0.15, 0.2) is 30.3 Å². The van der Waals surface area contributed by atoms with Gasteiger partial charge in [-0.05, 0) is 32.0 Å². The molecular formula is C19H22F3N3O. The van der Waals surface area contributed by atoms with E-state index in [1.807, 2.05) is 6.92 Å². The fourth-order valence-electron chi connectivity index (χ4n) is 3.48. The molecule has 1 aliphatic heterocycles. The van der Waals surface area contributed by atoms with Gasteiger partial charge in [0.25, 0.3) is 12.3 Å². The van der Waals surface area contributed by atoms with E-state index >= 15 is 0 Å². The van der Waals surface area contributed by atoms with Crippen LogP contribution in [0.3, 0.4) is 0 Å². The molecular weight excluding hydrogens is 343 g/mol. The van der Waals surface area contributed by atoms with Crippen molar-refractivity contribution in [3.8, 4) is 5.69 Å². The van der Waals surface area contributed by atoms with Gasteiger partial charge in [0, 0.05) is 37.6 Å². The van der Waals surface area contributed by atoms with Crippen molar-refractivity contribution >= 4 is 5.91 Å². The molecule has 0 saturated carbocycles. The molecule has 3 rings (SSSR count). The van der Waals surface area contributed by atoms with Gasteiger partial charge in [0.2, 0.25) is 0 Å². The van der Waals surface area contributed by atoms with E-state index in [0.29, 0.717) is 43.1 Å². The van der Waals surface area contributed by atoms with Crippen LogP contribution in [0.1, 0.15) is 21.7 Å². The largest absolute Gasteiger partial charge is 0.336 e. The molecule has 2 aromatic rings. The summed E-state index contributed by atoms with van der Waals surface area (Å²) in [6, 6.07) is 8.19. The summed E-state index contributed by atoms with van der Waals surface area (Å²) in [5.74, 6) is -0.494. The van der Waals surface area contributed by atoms with Crippen LogP contribution in [-0.4, -0.2) is 59.4 Å². The average molecular weight is 365 g/mol. The SMILES string of the molecule is Cc1cc(C(=O)N2CCN(CC(F)F)CC2)c(C)n1-c1ccccc1F. The maximum Gasteiger partial charge on any atom is 0.255 e. The van der Waals surface area contributed by atoms with Crippen molar-refractivity contribution in [2.45, 2.75) is 20.3 Å². The van der Waals surface area contributed by atoms with Crippen molar-refractivity contribution in [3.05, 3.63) is 53.1 Å². The summed E-state index contributed by atoms with van der Waals surface area (Å²) in [6.07, 6.45) is -2.36. The average Bonchev–Trinajstić information content (AvgIpc) is 2.89. The van der Waals surface area contributed by atoms with E-state index in [-0.39, 0.29) is 18.3 Å². The Labute approximate surface area is 150 Å². The van der Waals surface area contributed by atoms with Gasteiger partial charge in [-0.1, -0.05) is 12.1 Å². The zero-order chi connectivity index (χ0) is 18.8. The molecule has 1 amide bonds. The first-order valence-electron chi connectivity index (χ1n) is 8.62. The third-order valence-corrected chi connectivity index (χ3v) is 4.81. The summed E-state index contributed by atoms with van der Waals surface area (Å²) in [4.78, 5) is 16.2. The Bertz CT molecular complexity index is 795. The lowest BCUT2D eigenvalue weighted by Gasteiger charge is -2.34. The molecule has 4 nitrogen and oxygen atoms in total. The molecule has 0 aliphatic carbocycles. The first kappa shape index (κ1) is 18.5. The monoisotopic (exact) mass is 365 g/mol. The minimum absolute atomic E-state index is 0.141. The summed E-state index contributed by atoms with van der Waals surface area (Å²) in [7, 11) is 0. The second kappa shape index (κ2) is 7.53. The molecule has 0 radical (unpaired) electrons. The second-order valence-corrected chi connectivity index (χ2v) is 6.56. The van der Waals surface area contributed by atoms with Crippen LogP contribution >= 0.6 is 0 Å². The molecule has 26 heavy (non-hydrogen) atoms. The number of rotatable bonds is 4. The zero-order valence-electron chi connectivity index (χ0n) is 14.9. The number of piperazine rings is 1. The van der Waals surface area contributed by atoms with E-state index in [1.54, 1.807) is 45.6 Å². The van der Waals surface area contributed by atoms with Crippen molar-refractivity contribution in [2.75, 3.05) is 32.7 Å². The standard InChI is InChI=1S/C19H22F3N3O/c1-13-11-15(14(2)25(13)17-6-4-3-5-16(17)20)19(26)24-9-7-23(8-10-24)12-18(21)22/h3-6,11,18H,7-10,12H2,1-2H3. The maximum absolute atomic E-state index is 14.2. The van der Waals surface area contributed by atoms with Crippen LogP contribution in [0.5, 0.6) is 0 Å². The number of benzene rings is 1. The molecule has 0 bridgehead atoms. The highest BCUT2D eigenvalue weighted by molar-refractivity contribution is 5.96. The molecule has 1 aromatic carbocycles. The van der Waals surface area contributed by atoms with Gasteiger partial charge in [-0.15, -0.1) is 0 Å². The molecule has 1 fully saturated rings. The number of nitrogens with zero attached hydrogens (tertiary/aromatic N) is 3. The molecule has 0 N–H and O–H groups in total. The molecule has 0 atom stereocenters. The van der Waals surface area contributed by atoms with Crippen LogP contribution in [0.25, 0.3) is 5.69 Å². The minimum atomic E-state index is -2.36. The van der Waals surface area contributed by atoms with Gasteiger partial charge in [0.05, 0.1) is 17.8 Å². The predicted octanol–water partition coefficient (Wildman–Crippen LogP) is 3.26. The third kappa shape index (κ3) is 3.62. The van der Waals surface area contributed by atoms with E-state index in [4.69, 9.17) is 0 Å². The van der Waals surface area contributed by atoms with E-state index in [9.17, 15) is 18.0 Å². The van der Waals surface area contributed by atoms with Crippen LogP contribution in [-0.2, 0) is 0 Å². The third-order valence-electron chi connectivity index (χ3n) is 4.81. The van der Waals surface area contributed by atoms with Gasteiger partial charge in [-0.3, -0.25) is 9.69 Å².